The lowest BCUT2D eigenvalue weighted by Gasteiger charge is -2.14. The smallest absolute Gasteiger partial charge is 0.235 e. The summed E-state index contributed by atoms with van der Waals surface area (Å²) in [5.74, 6) is -0.198. The molecule has 1 aromatic carbocycles. The summed E-state index contributed by atoms with van der Waals surface area (Å²) < 4.78 is 15.0. The van der Waals surface area contributed by atoms with Gasteiger partial charge in [-0.05, 0) is 36.8 Å². The fraction of sp³-hybridized carbons (Fsp3) is 0.176. The Bertz CT molecular complexity index is 867. The van der Waals surface area contributed by atoms with Gasteiger partial charge in [0, 0.05) is 24.5 Å². The van der Waals surface area contributed by atoms with E-state index in [2.05, 4.69) is 15.2 Å². The summed E-state index contributed by atoms with van der Waals surface area (Å²) in [4.78, 5) is 15.9. The monoisotopic (exact) mass is 357 g/mol. The van der Waals surface area contributed by atoms with Gasteiger partial charge in [-0.2, -0.15) is 0 Å². The summed E-state index contributed by atoms with van der Waals surface area (Å²) in [5.41, 5.74) is 7.05. The van der Waals surface area contributed by atoms with Crippen LogP contribution >= 0.6 is 11.8 Å². The molecule has 0 saturated carbocycles. The molecule has 25 heavy (non-hydrogen) atoms. The van der Waals surface area contributed by atoms with Gasteiger partial charge in [-0.1, -0.05) is 23.9 Å². The highest BCUT2D eigenvalue weighted by atomic mass is 32.2. The number of amides is 1. The van der Waals surface area contributed by atoms with Gasteiger partial charge in [-0.25, -0.2) is 4.39 Å². The van der Waals surface area contributed by atoms with Crippen LogP contribution < -0.4 is 5.73 Å². The van der Waals surface area contributed by atoms with E-state index in [0.717, 1.165) is 5.56 Å². The van der Waals surface area contributed by atoms with Crippen molar-refractivity contribution in [3.8, 4) is 11.4 Å². The van der Waals surface area contributed by atoms with Crippen molar-refractivity contribution >= 4 is 17.7 Å². The van der Waals surface area contributed by atoms with Gasteiger partial charge in [0.1, 0.15) is 11.1 Å². The van der Waals surface area contributed by atoms with Crippen LogP contribution in [0.15, 0.2) is 53.9 Å². The normalized spacial score (nSPS) is 12.1. The summed E-state index contributed by atoms with van der Waals surface area (Å²) >= 11 is 1.20. The molecule has 1 atom stereocenters. The molecule has 0 spiro atoms. The maximum absolute atomic E-state index is 13.1. The molecule has 128 valence electrons. The minimum Gasteiger partial charge on any atom is -0.368 e. The lowest BCUT2D eigenvalue weighted by Crippen LogP contribution is -2.19. The van der Waals surface area contributed by atoms with Crippen LogP contribution in [0, 0.1) is 5.82 Å². The molecule has 3 aromatic rings. The second kappa shape index (κ2) is 7.43. The molecule has 2 heterocycles. The molecule has 1 amide bonds. The van der Waals surface area contributed by atoms with Crippen LogP contribution in [0.5, 0.6) is 0 Å². The second-order valence-electron chi connectivity index (χ2n) is 5.24. The van der Waals surface area contributed by atoms with E-state index in [9.17, 15) is 9.18 Å². The molecule has 0 saturated heterocycles. The van der Waals surface area contributed by atoms with E-state index < -0.39 is 11.2 Å². The zero-order valence-corrected chi connectivity index (χ0v) is 14.3. The first-order valence-electron chi connectivity index (χ1n) is 7.65. The lowest BCUT2D eigenvalue weighted by atomic mass is 10.1. The molecule has 3 rings (SSSR count). The van der Waals surface area contributed by atoms with Gasteiger partial charge in [0.2, 0.25) is 5.91 Å². The molecular weight excluding hydrogens is 341 g/mol. The van der Waals surface area contributed by atoms with Crippen molar-refractivity contribution in [2.75, 3.05) is 0 Å². The van der Waals surface area contributed by atoms with E-state index in [1.165, 1.54) is 23.9 Å². The molecule has 0 fully saturated rings. The SMILES string of the molecule is CCn1c(SC(C(N)=O)c2ccc(F)cc2)nnc1-c1ccncc1. The van der Waals surface area contributed by atoms with Crippen molar-refractivity contribution in [2.45, 2.75) is 23.9 Å². The fourth-order valence-electron chi connectivity index (χ4n) is 2.41. The Hall–Kier alpha value is -2.74. The summed E-state index contributed by atoms with van der Waals surface area (Å²) in [5, 5.41) is 8.32. The molecule has 8 heteroatoms. The van der Waals surface area contributed by atoms with Crippen molar-refractivity contribution in [3.05, 3.63) is 60.2 Å². The maximum Gasteiger partial charge on any atom is 0.235 e. The number of nitrogens with two attached hydrogens (primary N) is 1. The van der Waals surface area contributed by atoms with Crippen LogP contribution in [0.1, 0.15) is 17.7 Å². The number of hydrogen-bond acceptors (Lipinski definition) is 5. The highest BCUT2D eigenvalue weighted by molar-refractivity contribution is 8.00. The van der Waals surface area contributed by atoms with Gasteiger partial charge < -0.3 is 10.3 Å². The average Bonchev–Trinajstić information content (AvgIpc) is 3.04. The van der Waals surface area contributed by atoms with Crippen LogP contribution in [0.25, 0.3) is 11.4 Å². The Kier molecular flexibility index (Phi) is 5.08. The van der Waals surface area contributed by atoms with Gasteiger partial charge in [0.25, 0.3) is 0 Å². The summed E-state index contributed by atoms with van der Waals surface area (Å²) in [7, 11) is 0. The Labute approximate surface area is 148 Å². The Morgan fingerprint density at radius 1 is 1.20 bits per heavy atom. The highest BCUT2D eigenvalue weighted by Gasteiger charge is 2.23. The minimum atomic E-state index is -0.680. The van der Waals surface area contributed by atoms with Crippen molar-refractivity contribution in [1.82, 2.24) is 19.7 Å². The predicted molar refractivity (Wildman–Crippen MR) is 93.1 cm³/mol. The fourth-order valence-corrected chi connectivity index (χ4v) is 3.46. The maximum atomic E-state index is 13.1. The minimum absolute atomic E-state index is 0.367. The first-order chi connectivity index (χ1) is 12.1. The molecule has 0 bridgehead atoms. The zero-order valence-electron chi connectivity index (χ0n) is 13.5. The first-order valence-corrected chi connectivity index (χ1v) is 8.53. The number of aromatic nitrogens is 4. The number of benzene rings is 1. The Balaban J connectivity index is 1.94. The van der Waals surface area contributed by atoms with E-state index in [0.29, 0.717) is 23.1 Å². The molecule has 0 aliphatic rings. The van der Waals surface area contributed by atoms with Crippen molar-refractivity contribution in [3.63, 3.8) is 0 Å². The van der Waals surface area contributed by atoms with E-state index >= 15 is 0 Å². The third kappa shape index (κ3) is 3.69. The summed E-state index contributed by atoms with van der Waals surface area (Å²) in [6.07, 6.45) is 3.36. The van der Waals surface area contributed by atoms with Gasteiger partial charge in [0.15, 0.2) is 11.0 Å². The van der Waals surface area contributed by atoms with Gasteiger partial charge >= 0.3 is 0 Å². The van der Waals surface area contributed by atoms with Crippen LogP contribution in [0.4, 0.5) is 4.39 Å². The number of rotatable bonds is 6. The molecule has 6 nitrogen and oxygen atoms in total. The molecular formula is C17H16FN5OS. The number of carbonyl (C=O) groups is 1. The first kappa shape index (κ1) is 17.1. The second-order valence-corrected chi connectivity index (χ2v) is 6.31. The van der Waals surface area contributed by atoms with Gasteiger partial charge in [0.05, 0.1) is 0 Å². The van der Waals surface area contributed by atoms with Crippen molar-refractivity contribution < 1.29 is 9.18 Å². The summed E-state index contributed by atoms with van der Waals surface area (Å²) in [6, 6.07) is 9.40. The van der Waals surface area contributed by atoms with Gasteiger partial charge in [-0.3, -0.25) is 9.78 Å². The predicted octanol–water partition coefficient (Wildman–Crippen LogP) is 2.82. The third-order valence-corrected chi connectivity index (χ3v) is 4.88. The Morgan fingerprint density at radius 3 is 2.48 bits per heavy atom. The van der Waals surface area contributed by atoms with E-state index in [4.69, 9.17) is 5.73 Å². The molecule has 0 aliphatic carbocycles. The number of hydrogen-bond donors (Lipinski definition) is 1. The molecule has 1 unspecified atom stereocenters. The van der Waals surface area contributed by atoms with Crippen LogP contribution in [0.3, 0.4) is 0 Å². The molecule has 0 aliphatic heterocycles. The van der Waals surface area contributed by atoms with E-state index in [1.807, 2.05) is 23.6 Å². The molecule has 2 N–H and O–H groups in total. The largest absolute Gasteiger partial charge is 0.368 e. The standard InChI is InChI=1S/C17H16FN5OS/c1-2-23-16(12-7-9-20-10-8-12)21-22-17(23)25-14(15(19)24)11-3-5-13(18)6-4-11/h3-10,14H,2H2,1H3,(H2,19,24). The topological polar surface area (TPSA) is 86.7 Å². The number of carbonyl (C=O) groups excluding carboxylic acids is 1. The van der Waals surface area contributed by atoms with Crippen LogP contribution in [0.2, 0.25) is 0 Å². The zero-order chi connectivity index (χ0) is 17.8. The van der Waals surface area contributed by atoms with Crippen LogP contribution in [-0.2, 0) is 11.3 Å². The lowest BCUT2D eigenvalue weighted by molar-refractivity contribution is -0.117. The quantitative estimate of drug-likeness (QED) is 0.686. The Morgan fingerprint density at radius 2 is 1.88 bits per heavy atom. The van der Waals surface area contributed by atoms with Gasteiger partial charge in [-0.15, -0.1) is 10.2 Å². The van der Waals surface area contributed by atoms with Crippen molar-refractivity contribution in [1.29, 1.82) is 0 Å². The van der Waals surface area contributed by atoms with Crippen molar-refractivity contribution in [2.24, 2.45) is 5.73 Å². The number of thioether (sulfide) groups is 1. The number of halogens is 1. The number of primary amides is 1. The molecule has 2 aromatic heterocycles. The van der Waals surface area contributed by atoms with Crippen LogP contribution in [-0.4, -0.2) is 25.7 Å². The number of nitrogens with zero attached hydrogens (tertiary/aromatic N) is 4. The number of pyridine rings is 1. The molecule has 0 radical (unpaired) electrons. The van der Waals surface area contributed by atoms with E-state index in [1.54, 1.807) is 24.5 Å². The summed E-state index contributed by atoms with van der Waals surface area (Å²) in [6.45, 7) is 2.59. The average molecular weight is 357 g/mol. The third-order valence-electron chi connectivity index (χ3n) is 3.63. The highest BCUT2D eigenvalue weighted by Crippen LogP contribution is 2.35. The van der Waals surface area contributed by atoms with E-state index in [-0.39, 0.29) is 5.82 Å².